The molecule has 0 amide bonds. The zero-order valence-electron chi connectivity index (χ0n) is 7.82. The normalized spacial score (nSPS) is 9.92. The predicted octanol–water partition coefficient (Wildman–Crippen LogP) is 2.30. The molecule has 0 aromatic heterocycles. The van der Waals surface area contributed by atoms with Crippen molar-refractivity contribution in [2.75, 3.05) is 13.2 Å². The molecule has 2 heteroatoms. The first kappa shape index (κ1) is 9.93. The highest BCUT2D eigenvalue weighted by molar-refractivity contribution is 5.96. The molecule has 0 atom stereocenters. The van der Waals surface area contributed by atoms with E-state index in [2.05, 4.69) is 0 Å². The summed E-state index contributed by atoms with van der Waals surface area (Å²) in [6, 6.07) is 9.21. The maximum absolute atomic E-state index is 11.4. The van der Waals surface area contributed by atoms with E-state index in [9.17, 15) is 4.79 Å². The largest absolute Gasteiger partial charge is 0.373 e. The first-order chi connectivity index (χ1) is 6.34. The second-order valence-corrected chi connectivity index (χ2v) is 2.84. The number of Topliss-reactive ketones (excluding diaryl/α,β-unsaturated/α-hetero) is 1. The Hall–Kier alpha value is -1.15. The Morgan fingerprint density at radius 3 is 2.62 bits per heavy atom. The molecule has 0 fully saturated rings. The number of ketones is 1. The van der Waals surface area contributed by atoms with Gasteiger partial charge >= 0.3 is 0 Å². The van der Waals surface area contributed by atoms with Crippen LogP contribution in [0.3, 0.4) is 0 Å². The van der Waals surface area contributed by atoms with Crippen molar-refractivity contribution in [2.24, 2.45) is 0 Å². The number of benzene rings is 1. The fourth-order valence-electron chi connectivity index (χ4n) is 1.02. The summed E-state index contributed by atoms with van der Waals surface area (Å²) in [6.45, 7) is 2.86. The Morgan fingerprint density at radius 2 is 2.00 bits per heavy atom. The minimum Gasteiger partial charge on any atom is -0.373 e. The molecule has 0 bridgehead atoms. The number of hydrogen-bond acceptors (Lipinski definition) is 2. The summed E-state index contributed by atoms with van der Waals surface area (Å²) >= 11 is 0. The Balaban J connectivity index is 2.40. The monoisotopic (exact) mass is 178 g/mol. The van der Waals surface area contributed by atoms with Crippen molar-refractivity contribution in [3.05, 3.63) is 35.9 Å². The first-order valence-corrected chi connectivity index (χ1v) is 4.50. The van der Waals surface area contributed by atoms with Crippen LogP contribution in [0.4, 0.5) is 0 Å². The van der Waals surface area contributed by atoms with Gasteiger partial charge in [0.1, 0.15) is 6.61 Å². The van der Waals surface area contributed by atoms with Crippen LogP contribution in [0, 0.1) is 0 Å². The van der Waals surface area contributed by atoms with E-state index in [1.165, 1.54) is 0 Å². The van der Waals surface area contributed by atoms with E-state index in [1.54, 1.807) is 12.1 Å². The maximum Gasteiger partial charge on any atom is 0.188 e. The molecular formula is C11H14O2. The summed E-state index contributed by atoms with van der Waals surface area (Å²) in [5, 5.41) is 0. The van der Waals surface area contributed by atoms with Gasteiger partial charge in [0.05, 0.1) is 0 Å². The molecule has 1 aromatic rings. The van der Waals surface area contributed by atoms with Crippen molar-refractivity contribution in [1.29, 1.82) is 0 Å². The molecule has 0 unspecified atom stereocenters. The molecule has 1 rings (SSSR count). The summed E-state index contributed by atoms with van der Waals surface area (Å²) in [7, 11) is 0. The zero-order chi connectivity index (χ0) is 9.52. The van der Waals surface area contributed by atoms with Crippen molar-refractivity contribution in [3.8, 4) is 0 Å². The van der Waals surface area contributed by atoms with Crippen LogP contribution in [0.2, 0.25) is 0 Å². The number of ether oxygens (including phenoxy) is 1. The first-order valence-electron chi connectivity index (χ1n) is 4.50. The van der Waals surface area contributed by atoms with Crippen LogP contribution in [-0.4, -0.2) is 19.0 Å². The molecule has 70 valence electrons. The van der Waals surface area contributed by atoms with Crippen molar-refractivity contribution >= 4 is 5.78 Å². The molecule has 0 heterocycles. The smallest absolute Gasteiger partial charge is 0.188 e. The minimum atomic E-state index is 0.0500. The molecular weight excluding hydrogens is 164 g/mol. The Morgan fingerprint density at radius 1 is 1.31 bits per heavy atom. The Bertz CT molecular complexity index is 254. The van der Waals surface area contributed by atoms with E-state index < -0.39 is 0 Å². The standard InChI is InChI=1S/C11H14O2/c1-2-8-13-9-11(12)10-6-4-3-5-7-10/h3-7H,2,8-9H2,1H3. The quantitative estimate of drug-likeness (QED) is 0.511. The molecule has 0 aliphatic heterocycles. The van der Waals surface area contributed by atoms with E-state index in [1.807, 2.05) is 25.1 Å². The molecule has 1 aromatic carbocycles. The fourth-order valence-corrected chi connectivity index (χ4v) is 1.02. The van der Waals surface area contributed by atoms with Gasteiger partial charge in [0, 0.05) is 12.2 Å². The highest BCUT2D eigenvalue weighted by Gasteiger charge is 2.03. The molecule has 0 aliphatic carbocycles. The summed E-state index contributed by atoms with van der Waals surface area (Å²) in [5.41, 5.74) is 0.721. The number of rotatable bonds is 5. The van der Waals surface area contributed by atoms with Crippen LogP contribution in [0.5, 0.6) is 0 Å². The van der Waals surface area contributed by atoms with Gasteiger partial charge in [-0.25, -0.2) is 0 Å². The summed E-state index contributed by atoms with van der Waals surface area (Å²) in [4.78, 5) is 11.4. The number of hydrogen-bond donors (Lipinski definition) is 0. The maximum atomic E-state index is 11.4. The van der Waals surface area contributed by atoms with Gasteiger partial charge in [-0.1, -0.05) is 37.3 Å². The van der Waals surface area contributed by atoms with Crippen molar-refractivity contribution in [2.45, 2.75) is 13.3 Å². The van der Waals surface area contributed by atoms with Crippen LogP contribution < -0.4 is 0 Å². The van der Waals surface area contributed by atoms with Crippen LogP contribution in [0.1, 0.15) is 23.7 Å². The van der Waals surface area contributed by atoms with Gasteiger partial charge in [0.15, 0.2) is 5.78 Å². The second kappa shape index (κ2) is 5.49. The van der Waals surface area contributed by atoms with Crippen LogP contribution in [-0.2, 0) is 4.74 Å². The SMILES string of the molecule is CCCOCC(=O)c1ccccc1. The van der Waals surface area contributed by atoms with Crippen molar-refractivity contribution in [1.82, 2.24) is 0 Å². The summed E-state index contributed by atoms with van der Waals surface area (Å²) in [5.74, 6) is 0.0500. The number of carbonyl (C=O) groups is 1. The molecule has 2 nitrogen and oxygen atoms in total. The molecule has 0 saturated heterocycles. The van der Waals surface area contributed by atoms with E-state index >= 15 is 0 Å². The fraction of sp³-hybridized carbons (Fsp3) is 0.364. The average Bonchev–Trinajstić information content (AvgIpc) is 2.19. The lowest BCUT2D eigenvalue weighted by Crippen LogP contribution is -2.09. The summed E-state index contributed by atoms with van der Waals surface area (Å²) in [6.07, 6.45) is 0.946. The van der Waals surface area contributed by atoms with E-state index in [0.717, 1.165) is 12.0 Å². The average molecular weight is 178 g/mol. The van der Waals surface area contributed by atoms with Crippen LogP contribution in [0.25, 0.3) is 0 Å². The number of carbonyl (C=O) groups excluding carboxylic acids is 1. The third kappa shape index (κ3) is 3.38. The molecule has 0 aliphatic rings. The van der Waals surface area contributed by atoms with E-state index in [-0.39, 0.29) is 12.4 Å². The molecule has 0 radical (unpaired) electrons. The summed E-state index contributed by atoms with van der Waals surface area (Å²) < 4.78 is 5.15. The zero-order valence-corrected chi connectivity index (χ0v) is 7.82. The van der Waals surface area contributed by atoms with E-state index in [0.29, 0.717) is 6.61 Å². The van der Waals surface area contributed by atoms with Crippen LogP contribution in [0.15, 0.2) is 30.3 Å². The van der Waals surface area contributed by atoms with Gasteiger partial charge in [-0.3, -0.25) is 4.79 Å². The lowest BCUT2D eigenvalue weighted by atomic mass is 10.1. The van der Waals surface area contributed by atoms with Gasteiger partial charge in [-0.05, 0) is 6.42 Å². The van der Waals surface area contributed by atoms with Gasteiger partial charge in [0.2, 0.25) is 0 Å². The second-order valence-electron chi connectivity index (χ2n) is 2.84. The van der Waals surface area contributed by atoms with Crippen molar-refractivity contribution < 1.29 is 9.53 Å². The van der Waals surface area contributed by atoms with Crippen molar-refractivity contribution in [3.63, 3.8) is 0 Å². The third-order valence-electron chi connectivity index (χ3n) is 1.68. The molecule has 13 heavy (non-hydrogen) atoms. The van der Waals surface area contributed by atoms with E-state index in [4.69, 9.17) is 4.74 Å². The molecule has 0 N–H and O–H groups in total. The van der Waals surface area contributed by atoms with Gasteiger partial charge in [-0.15, -0.1) is 0 Å². The minimum absolute atomic E-state index is 0.0500. The van der Waals surface area contributed by atoms with Gasteiger partial charge in [0.25, 0.3) is 0 Å². The van der Waals surface area contributed by atoms with Gasteiger partial charge < -0.3 is 4.74 Å². The lowest BCUT2D eigenvalue weighted by Gasteiger charge is -2.01. The Kier molecular flexibility index (Phi) is 4.19. The topological polar surface area (TPSA) is 26.3 Å². The molecule has 0 spiro atoms. The Labute approximate surface area is 78.5 Å². The highest BCUT2D eigenvalue weighted by Crippen LogP contribution is 2.00. The highest BCUT2D eigenvalue weighted by atomic mass is 16.5. The van der Waals surface area contributed by atoms with Crippen LogP contribution >= 0.6 is 0 Å². The molecule has 0 saturated carbocycles. The predicted molar refractivity (Wildman–Crippen MR) is 51.9 cm³/mol. The van der Waals surface area contributed by atoms with Gasteiger partial charge in [-0.2, -0.15) is 0 Å². The lowest BCUT2D eigenvalue weighted by molar-refractivity contribution is 0.0761. The third-order valence-corrected chi connectivity index (χ3v) is 1.68.